The van der Waals surface area contributed by atoms with Crippen molar-refractivity contribution < 1.29 is 19.8 Å². The van der Waals surface area contributed by atoms with Crippen LogP contribution in [0.3, 0.4) is 0 Å². The SMILES string of the molecule is O=C(O)c1ccc(NC(=O)c2ccc(N3CCCC3)cc2)c(O)c1. The summed E-state index contributed by atoms with van der Waals surface area (Å²) in [6, 6.07) is 11.1. The van der Waals surface area contributed by atoms with E-state index in [0.29, 0.717) is 5.56 Å². The van der Waals surface area contributed by atoms with E-state index in [1.165, 1.54) is 25.0 Å². The Hall–Kier alpha value is -3.02. The fourth-order valence-corrected chi connectivity index (χ4v) is 2.76. The molecule has 1 aliphatic heterocycles. The number of carboxylic acid groups (broad SMARTS) is 1. The molecular weight excluding hydrogens is 308 g/mol. The number of carbonyl (C=O) groups excluding carboxylic acids is 1. The highest BCUT2D eigenvalue weighted by atomic mass is 16.4. The predicted molar refractivity (Wildman–Crippen MR) is 90.9 cm³/mol. The van der Waals surface area contributed by atoms with Gasteiger partial charge in [0, 0.05) is 24.3 Å². The number of benzene rings is 2. The van der Waals surface area contributed by atoms with E-state index in [-0.39, 0.29) is 22.9 Å². The quantitative estimate of drug-likeness (QED) is 0.752. The van der Waals surface area contributed by atoms with Crippen molar-refractivity contribution in [1.82, 2.24) is 0 Å². The highest BCUT2D eigenvalue weighted by Crippen LogP contribution is 2.25. The maximum atomic E-state index is 12.3. The van der Waals surface area contributed by atoms with E-state index in [0.717, 1.165) is 24.8 Å². The number of amides is 1. The summed E-state index contributed by atoms with van der Waals surface area (Å²) >= 11 is 0. The Morgan fingerprint density at radius 1 is 0.958 bits per heavy atom. The van der Waals surface area contributed by atoms with Gasteiger partial charge in [-0.3, -0.25) is 4.79 Å². The molecule has 1 aliphatic rings. The van der Waals surface area contributed by atoms with Crippen LogP contribution in [0, 0.1) is 0 Å². The van der Waals surface area contributed by atoms with Crippen molar-refractivity contribution in [3.05, 3.63) is 53.6 Å². The summed E-state index contributed by atoms with van der Waals surface area (Å²) in [6.07, 6.45) is 2.38. The minimum atomic E-state index is -1.14. The third-order valence-electron chi connectivity index (χ3n) is 4.09. The second-order valence-electron chi connectivity index (χ2n) is 5.73. The first-order valence-electron chi connectivity index (χ1n) is 7.77. The summed E-state index contributed by atoms with van der Waals surface area (Å²) in [6.45, 7) is 2.07. The van der Waals surface area contributed by atoms with Crippen LogP contribution >= 0.6 is 0 Å². The van der Waals surface area contributed by atoms with Crippen LogP contribution in [0.15, 0.2) is 42.5 Å². The van der Waals surface area contributed by atoms with Gasteiger partial charge in [0.2, 0.25) is 0 Å². The highest BCUT2D eigenvalue weighted by molar-refractivity contribution is 6.05. The molecule has 0 bridgehead atoms. The van der Waals surface area contributed by atoms with Crippen molar-refractivity contribution in [1.29, 1.82) is 0 Å². The van der Waals surface area contributed by atoms with Crippen LogP contribution in [0.1, 0.15) is 33.6 Å². The van der Waals surface area contributed by atoms with E-state index < -0.39 is 5.97 Å². The Balaban J connectivity index is 1.71. The van der Waals surface area contributed by atoms with Crippen LogP contribution in [0.2, 0.25) is 0 Å². The predicted octanol–water partition coefficient (Wildman–Crippen LogP) is 2.94. The maximum Gasteiger partial charge on any atom is 0.335 e. The molecule has 3 N–H and O–H groups in total. The molecule has 0 radical (unpaired) electrons. The number of phenolic OH excluding ortho intramolecular Hbond substituents is 1. The molecule has 1 heterocycles. The molecule has 124 valence electrons. The zero-order valence-electron chi connectivity index (χ0n) is 13.0. The third-order valence-corrected chi connectivity index (χ3v) is 4.09. The molecule has 1 fully saturated rings. The smallest absolute Gasteiger partial charge is 0.335 e. The first-order chi connectivity index (χ1) is 11.5. The van der Waals surface area contributed by atoms with Gasteiger partial charge in [-0.05, 0) is 55.3 Å². The van der Waals surface area contributed by atoms with Gasteiger partial charge < -0.3 is 20.4 Å². The summed E-state index contributed by atoms with van der Waals surface area (Å²) in [7, 11) is 0. The van der Waals surface area contributed by atoms with Crippen molar-refractivity contribution in [2.75, 3.05) is 23.3 Å². The van der Waals surface area contributed by atoms with Crippen LogP contribution in [0.4, 0.5) is 11.4 Å². The van der Waals surface area contributed by atoms with Gasteiger partial charge in [-0.25, -0.2) is 4.79 Å². The average Bonchev–Trinajstić information content (AvgIpc) is 3.11. The number of hydrogen-bond acceptors (Lipinski definition) is 4. The summed E-state index contributed by atoms with van der Waals surface area (Å²) in [5.74, 6) is -1.78. The molecule has 0 saturated carbocycles. The van der Waals surface area contributed by atoms with Crippen molar-refractivity contribution >= 4 is 23.3 Å². The van der Waals surface area contributed by atoms with Gasteiger partial charge >= 0.3 is 5.97 Å². The number of hydrogen-bond donors (Lipinski definition) is 3. The fourth-order valence-electron chi connectivity index (χ4n) is 2.76. The van der Waals surface area contributed by atoms with Crippen molar-refractivity contribution in [2.24, 2.45) is 0 Å². The molecule has 1 saturated heterocycles. The molecule has 0 atom stereocenters. The second-order valence-corrected chi connectivity index (χ2v) is 5.73. The number of nitrogens with zero attached hydrogens (tertiary/aromatic N) is 1. The second kappa shape index (κ2) is 6.62. The summed E-state index contributed by atoms with van der Waals surface area (Å²) in [4.78, 5) is 25.4. The van der Waals surface area contributed by atoms with Crippen LogP contribution in [0.5, 0.6) is 5.75 Å². The normalized spacial score (nSPS) is 13.8. The average molecular weight is 326 g/mol. The Bertz CT molecular complexity index is 765. The molecule has 0 aromatic heterocycles. The number of carbonyl (C=O) groups is 2. The Morgan fingerprint density at radius 2 is 1.58 bits per heavy atom. The lowest BCUT2D eigenvalue weighted by Gasteiger charge is -2.17. The summed E-state index contributed by atoms with van der Waals surface area (Å²) in [5.41, 5.74) is 1.70. The summed E-state index contributed by atoms with van der Waals surface area (Å²) in [5, 5.41) is 21.3. The lowest BCUT2D eigenvalue weighted by atomic mass is 10.1. The van der Waals surface area contributed by atoms with Crippen molar-refractivity contribution in [2.45, 2.75) is 12.8 Å². The van der Waals surface area contributed by atoms with E-state index in [9.17, 15) is 14.7 Å². The molecule has 0 aliphatic carbocycles. The molecule has 2 aromatic rings. The van der Waals surface area contributed by atoms with Gasteiger partial charge in [0.1, 0.15) is 5.75 Å². The highest BCUT2D eigenvalue weighted by Gasteiger charge is 2.14. The van der Waals surface area contributed by atoms with Gasteiger partial charge in [-0.1, -0.05) is 0 Å². The monoisotopic (exact) mass is 326 g/mol. The Labute approximate surface area is 139 Å². The molecular formula is C18H18N2O4. The van der Waals surface area contributed by atoms with Crippen molar-refractivity contribution in [3.63, 3.8) is 0 Å². The summed E-state index contributed by atoms with van der Waals surface area (Å²) < 4.78 is 0. The van der Waals surface area contributed by atoms with E-state index >= 15 is 0 Å². The van der Waals surface area contributed by atoms with Gasteiger partial charge in [0.25, 0.3) is 5.91 Å². The molecule has 6 heteroatoms. The zero-order chi connectivity index (χ0) is 17.1. The molecule has 0 unspecified atom stereocenters. The Kier molecular flexibility index (Phi) is 4.37. The largest absolute Gasteiger partial charge is 0.506 e. The lowest BCUT2D eigenvalue weighted by Crippen LogP contribution is -2.18. The number of aromatic carboxylic acids is 1. The van der Waals surface area contributed by atoms with E-state index in [2.05, 4.69) is 10.2 Å². The number of carboxylic acids is 1. The van der Waals surface area contributed by atoms with Crippen LogP contribution in [-0.4, -0.2) is 35.2 Å². The first-order valence-corrected chi connectivity index (χ1v) is 7.77. The molecule has 24 heavy (non-hydrogen) atoms. The van der Waals surface area contributed by atoms with Crippen LogP contribution < -0.4 is 10.2 Å². The van der Waals surface area contributed by atoms with E-state index in [4.69, 9.17) is 5.11 Å². The standard InChI is InChI=1S/C18H18N2O4/c21-16-11-13(18(23)24)5-8-15(16)19-17(22)12-3-6-14(7-4-12)20-9-1-2-10-20/h3-8,11,21H,1-2,9-10H2,(H,19,22)(H,23,24). The zero-order valence-corrected chi connectivity index (χ0v) is 13.0. The van der Waals surface area contributed by atoms with Gasteiger partial charge in [-0.2, -0.15) is 0 Å². The van der Waals surface area contributed by atoms with Gasteiger partial charge in [-0.15, -0.1) is 0 Å². The molecule has 0 spiro atoms. The van der Waals surface area contributed by atoms with Crippen LogP contribution in [0.25, 0.3) is 0 Å². The van der Waals surface area contributed by atoms with E-state index in [1.807, 2.05) is 12.1 Å². The van der Waals surface area contributed by atoms with Gasteiger partial charge in [0.05, 0.1) is 11.3 Å². The number of aromatic hydroxyl groups is 1. The van der Waals surface area contributed by atoms with Crippen molar-refractivity contribution in [3.8, 4) is 5.75 Å². The lowest BCUT2D eigenvalue weighted by molar-refractivity contribution is 0.0696. The van der Waals surface area contributed by atoms with Gasteiger partial charge in [0.15, 0.2) is 0 Å². The van der Waals surface area contributed by atoms with E-state index in [1.54, 1.807) is 12.1 Å². The molecule has 2 aromatic carbocycles. The number of anilines is 2. The minimum Gasteiger partial charge on any atom is -0.506 e. The molecule has 3 rings (SSSR count). The number of phenols is 1. The number of nitrogens with one attached hydrogen (secondary N) is 1. The first kappa shape index (κ1) is 15.9. The molecule has 1 amide bonds. The molecule has 6 nitrogen and oxygen atoms in total. The maximum absolute atomic E-state index is 12.3. The number of rotatable bonds is 4. The minimum absolute atomic E-state index is 0.0412. The van der Waals surface area contributed by atoms with Crippen LogP contribution in [-0.2, 0) is 0 Å². The fraction of sp³-hybridized carbons (Fsp3) is 0.222. The Morgan fingerprint density at radius 3 is 2.17 bits per heavy atom. The topological polar surface area (TPSA) is 89.9 Å². The third kappa shape index (κ3) is 3.32.